The smallest absolute Gasteiger partial charge is 0.0998 e. The lowest BCUT2D eigenvalue weighted by molar-refractivity contribution is 0.968. The number of nitrogens with zero attached hydrogens (tertiary/aromatic N) is 5. The van der Waals surface area contributed by atoms with E-state index in [9.17, 15) is 15.8 Å². The average molecular weight is 638 g/mol. The first-order valence-corrected chi connectivity index (χ1v) is 16.6. The van der Waals surface area contributed by atoms with Gasteiger partial charge in [0, 0.05) is 33.1 Å². The molecule has 0 radical (unpaired) electrons. The van der Waals surface area contributed by atoms with Crippen LogP contribution in [0, 0.1) is 34.0 Å². The number of rotatable bonds is 4. The molecular weight excluding hydrogens is 611 g/mol. The van der Waals surface area contributed by atoms with Crippen LogP contribution in [0.3, 0.4) is 0 Å². The summed E-state index contributed by atoms with van der Waals surface area (Å²) >= 11 is 0. The first-order valence-electron chi connectivity index (χ1n) is 16.6. The number of aromatic nitrogens is 2. The van der Waals surface area contributed by atoms with Crippen LogP contribution < -0.4 is 0 Å². The molecule has 2 heterocycles. The van der Waals surface area contributed by atoms with Crippen molar-refractivity contribution in [3.05, 3.63) is 161 Å². The summed E-state index contributed by atoms with van der Waals surface area (Å²) in [6.07, 6.45) is 6.55. The summed E-state index contributed by atoms with van der Waals surface area (Å²) in [4.78, 5) is 0. The quantitative estimate of drug-likeness (QED) is 0.193. The Morgan fingerprint density at radius 3 is 2.18 bits per heavy atom. The average Bonchev–Trinajstić information content (AvgIpc) is 3.69. The van der Waals surface area contributed by atoms with Gasteiger partial charge in [-0.05, 0) is 102 Å². The van der Waals surface area contributed by atoms with Gasteiger partial charge in [-0.2, -0.15) is 15.8 Å². The van der Waals surface area contributed by atoms with Crippen molar-refractivity contribution in [1.29, 1.82) is 15.8 Å². The second-order valence-electron chi connectivity index (χ2n) is 12.6. The standard InChI is InChI=1S/C45H27N5/c46-26-29-17-21-44-40(22-29)39-19-16-30(27-47)23-45(39)49(44)34-9-7-8-31(25-34)35-20-18-32(24-33(35)28-48)36-10-1-4-13-41(36)50-42-14-5-2-11-37(42)38-12-3-6-15-43(38)50/h1-2,4-11,13-25H,3,12H2. The van der Waals surface area contributed by atoms with Crippen LogP contribution in [0.2, 0.25) is 0 Å². The molecule has 0 spiro atoms. The van der Waals surface area contributed by atoms with Crippen molar-refractivity contribution < 1.29 is 0 Å². The molecule has 0 atom stereocenters. The van der Waals surface area contributed by atoms with E-state index < -0.39 is 0 Å². The Labute approximate surface area is 289 Å². The number of fused-ring (bicyclic) bond motifs is 6. The molecule has 0 saturated heterocycles. The van der Waals surface area contributed by atoms with Gasteiger partial charge in [0.1, 0.15) is 0 Å². The summed E-state index contributed by atoms with van der Waals surface area (Å²) in [6, 6.07) is 49.7. The molecule has 0 N–H and O–H groups in total. The Bertz CT molecular complexity index is 2860. The number of hydrogen-bond acceptors (Lipinski definition) is 3. The Hall–Kier alpha value is -7.13. The van der Waals surface area contributed by atoms with Crippen LogP contribution in [0.15, 0.2) is 133 Å². The van der Waals surface area contributed by atoms with Gasteiger partial charge in [0.15, 0.2) is 0 Å². The van der Waals surface area contributed by atoms with Crippen LogP contribution in [-0.4, -0.2) is 9.13 Å². The highest BCUT2D eigenvalue weighted by molar-refractivity contribution is 6.10. The zero-order valence-electron chi connectivity index (χ0n) is 26.9. The maximum atomic E-state index is 10.5. The fourth-order valence-electron chi connectivity index (χ4n) is 7.67. The Morgan fingerprint density at radius 1 is 0.520 bits per heavy atom. The summed E-state index contributed by atoms with van der Waals surface area (Å²) in [5.41, 5.74) is 13.1. The predicted octanol–water partition coefficient (Wildman–Crippen LogP) is 10.6. The van der Waals surface area contributed by atoms with E-state index in [0.29, 0.717) is 16.7 Å². The Morgan fingerprint density at radius 2 is 1.30 bits per heavy atom. The second kappa shape index (κ2) is 11.5. The largest absolute Gasteiger partial charge is 0.309 e. The van der Waals surface area contributed by atoms with E-state index in [4.69, 9.17) is 0 Å². The molecule has 0 unspecified atom stereocenters. The second-order valence-corrected chi connectivity index (χ2v) is 12.6. The fraction of sp³-hybridized carbons (Fsp3) is 0.0444. The van der Waals surface area contributed by atoms with Crippen LogP contribution in [0.5, 0.6) is 0 Å². The van der Waals surface area contributed by atoms with Crippen LogP contribution in [0.4, 0.5) is 0 Å². The normalized spacial score (nSPS) is 12.1. The molecule has 0 amide bonds. The van der Waals surface area contributed by atoms with E-state index >= 15 is 0 Å². The van der Waals surface area contributed by atoms with Crippen molar-refractivity contribution in [3.8, 4) is 51.8 Å². The topological polar surface area (TPSA) is 81.2 Å². The predicted molar refractivity (Wildman–Crippen MR) is 200 cm³/mol. The van der Waals surface area contributed by atoms with Gasteiger partial charge in [-0.3, -0.25) is 0 Å². The monoisotopic (exact) mass is 637 g/mol. The molecule has 9 rings (SSSR count). The number of allylic oxidation sites excluding steroid dienone is 1. The van der Waals surface area contributed by atoms with Crippen molar-refractivity contribution in [2.75, 3.05) is 0 Å². The van der Waals surface area contributed by atoms with Crippen molar-refractivity contribution in [2.24, 2.45) is 0 Å². The highest BCUT2D eigenvalue weighted by Gasteiger charge is 2.21. The molecule has 232 valence electrons. The Balaban J connectivity index is 1.18. The van der Waals surface area contributed by atoms with E-state index in [-0.39, 0.29) is 0 Å². The minimum absolute atomic E-state index is 0.560. The van der Waals surface area contributed by atoms with Gasteiger partial charge in [0.05, 0.1) is 57.1 Å². The molecule has 8 aromatic rings. The molecule has 0 fully saturated rings. The van der Waals surface area contributed by atoms with Crippen LogP contribution in [0.25, 0.3) is 72.4 Å². The van der Waals surface area contributed by atoms with Gasteiger partial charge < -0.3 is 9.13 Å². The van der Waals surface area contributed by atoms with Gasteiger partial charge >= 0.3 is 0 Å². The van der Waals surface area contributed by atoms with Gasteiger partial charge in [0.2, 0.25) is 0 Å². The molecule has 0 aliphatic heterocycles. The lowest BCUT2D eigenvalue weighted by Gasteiger charge is -2.17. The molecule has 1 aliphatic rings. The third-order valence-corrected chi connectivity index (χ3v) is 9.89. The van der Waals surface area contributed by atoms with E-state index in [1.807, 2.05) is 66.7 Å². The number of aryl methyl sites for hydroxylation is 1. The van der Waals surface area contributed by atoms with Crippen molar-refractivity contribution in [3.63, 3.8) is 0 Å². The van der Waals surface area contributed by atoms with Crippen LogP contribution >= 0.6 is 0 Å². The fourth-order valence-corrected chi connectivity index (χ4v) is 7.67. The van der Waals surface area contributed by atoms with Crippen molar-refractivity contribution >= 4 is 38.8 Å². The minimum Gasteiger partial charge on any atom is -0.309 e. The summed E-state index contributed by atoms with van der Waals surface area (Å²) in [5.74, 6) is 0. The number of nitriles is 3. The molecule has 5 nitrogen and oxygen atoms in total. The van der Waals surface area contributed by atoms with E-state index in [1.165, 1.54) is 22.2 Å². The first-order chi connectivity index (χ1) is 24.7. The maximum Gasteiger partial charge on any atom is 0.0998 e. The first kappa shape index (κ1) is 29.0. The lowest BCUT2D eigenvalue weighted by Crippen LogP contribution is -2.02. The minimum atomic E-state index is 0.560. The third kappa shape index (κ3) is 4.45. The van der Waals surface area contributed by atoms with Gasteiger partial charge in [-0.1, -0.05) is 72.8 Å². The summed E-state index contributed by atoms with van der Waals surface area (Å²) in [5, 5.41) is 33.0. The molecule has 50 heavy (non-hydrogen) atoms. The highest BCUT2D eigenvalue weighted by Crippen LogP contribution is 2.39. The Kier molecular flexibility index (Phi) is 6.70. The number of para-hydroxylation sites is 2. The molecule has 6 aromatic carbocycles. The van der Waals surface area contributed by atoms with Crippen LogP contribution in [-0.2, 0) is 6.42 Å². The maximum absolute atomic E-state index is 10.5. The zero-order valence-corrected chi connectivity index (χ0v) is 26.9. The molecule has 0 bridgehead atoms. The number of benzene rings is 6. The van der Waals surface area contributed by atoms with E-state index in [1.54, 1.807) is 0 Å². The van der Waals surface area contributed by atoms with Crippen molar-refractivity contribution in [2.45, 2.75) is 12.8 Å². The molecule has 1 aliphatic carbocycles. The molecular formula is C45H27N5. The van der Waals surface area contributed by atoms with Crippen molar-refractivity contribution in [1.82, 2.24) is 9.13 Å². The van der Waals surface area contributed by atoms with Gasteiger partial charge in [-0.15, -0.1) is 0 Å². The third-order valence-electron chi connectivity index (χ3n) is 9.89. The summed E-state index contributed by atoms with van der Waals surface area (Å²) in [7, 11) is 0. The SMILES string of the molecule is N#Cc1ccc2c(c1)c1ccc(C#N)cc1n2-c1cccc(-c2ccc(-c3ccccc3-n3c4c(c5ccccc53)CCC=C4)cc2C#N)c1. The highest BCUT2D eigenvalue weighted by atomic mass is 15.0. The summed E-state index contributed by atoms with van der Waals surface area (Å²) < 4.78 is 4.49. The van der Waals surface area contributed by atoms with E-state index in [0.717, 1.165) is 68.3 Å². The van der Waals surface area contributed by atoms with Gasteiger partial charge in [0.25, 0.3) is 0 Å². The van der Waals surface area contributed by atoms with Gasteiger partial charge in [-0.25, -0.2) is 0 Å². The van der Waals surface area contributed by atoms with E-state index in [2.05, 4.69) is 100 Å². The molecule has 5 heteroatoms. The zero-order chi connectivity index (χ0) is 33.8. The van der Waals surface area contributed by atoms with Crippen LogP contribution in [0.1, 0.15) is 34.4 Å². The molecule has 2 aromatic heterocycles. The summed E-state index contributed by atoms with van der Waals surface area (Å²) in [6.45, 7) is 0. The molecule has 0 saturated carbocycles. The lowest BCUT2D eigenvalue weighted by atomic mass is 9.94. The number of hydrogen-bond donors (Lipinski definition) is 0.